The molecular formula is C17H37NO6. The molecule has 0 aromatic carbocycles. The number of carboxylic acids is 1. The van der Waals surface area contributed by atoms with E-state index in [1.54, 1.807) is 0 Å². The second kappa shape index (κ2) is 22.3. The fourth-order valence-corrected chi connectivity index (χ4v) is 1.80. The highest BCUT2D eigenvalue weighted by atomic mass is 16.9. The van der Waals surface area contributed by atoms with E-state index in [9.17, 15) is 4.79 Å². The van der Waals surface area contributed by atoms with Gasteiger partial charge in [-0.2, -0.15) is 0 Å². The Balaban J connectivity index is 0. The zero-order chi connectivity index (χ0) is 18.5. The van der Waals surface area contributed by atoms with Crippen molar-refractivity contribution in [2.75, 3.05) is 33.0 Å². The van der Waals surface area contributed by atoms with Crippen LogP contribution in [0, 0.1) is 0 Å². The quantitative estimate of drug-likeness (QED) is 0.290. The molecule has 24 heavy (non-hydrogen) atoms. The molecule has 0 fully saturated rings. The predicted molar refractivity (Wildman–Crippen MR) is 93.3 cm³/mol. The fraction of sp³-hybridized carbons (Fsp3) is 0.941. The Morgan fingerprint density at radius 2 is 1.33 bits per heavy atom. The van der Waals surface area contributed by atoms with Gasteiger partial charge in [0.15, 0.2) is 0 Å². The minimum atomic E-state index is -0.666. The number of aliphatic hydroxyl groups excluding tert-OH is 2. The molecule has 0 aliphatic heterocycles. The molecule has 0 aliphatic carbocycles. The average molecular weight is 351 g/mol. The van der Waals surface area contributed by atoms with E-state index in [1.807, 2.05) is 0 Å². The monoisotopic (exact) mass is 351 g/mol. The SMILES string of the molecule is CCCCCCCCC(=O)O.CCCCN(OCCO)OCCO. The Bertz CT molecular complexity index is 234. The molecule has 0 spiro atoms. The molecule has 0 heterocycles. The average Bonchev–Trinajstić information content (AvgIpc) is 2.57. The summed E-state index contributed by atoms with van der Waals surface area (Å²) in [7, 11) is 0. The van der Waals surface area contributed by atoms with Gasteiger partial charge < -0.3 is 15.3 Å². The van der Waals surface area contributed by atoms with E-state index >= 15 is 0 Å². The predicted octanol–water partition coefficient (Wildman–Crippen LogP) is 2.76. The first kappa shape index (κ1) is 25.5. The van der Waals surface area contributed by atoms with Crippen molar-refractivity contribution >= 4 is 5.97 Å². The highest BCUT2D eigenvalue weighted by Crippen LogP contribution is 2.06. The molecule has 0 saturated carbocycles. The van der Waals surface area contributed by atoms with Gasteiger partial charge in [0, 0.05) is 6.42 Å². The smallest absolute Gasteiger partial charge is 0.303 e. The van der Waals surface area contributed by atoms with Crippen molar-refractivity contribution in [2.45, 2.75) is 71.6 Å². The highest BCUT2D eigenvalue weighted by molar-refractivity contribution is 5.66. The summed E-state index contributed by atoms with van der Waals surface area (Å²) in [6.45, 7) is 5.25. The van der Waals surface area contributed by atoms with Crippen molar-refractivity contribution in [2.24, 2.45) is 0 Å². The molecule has 0 radical (unpaired) electrons. The molecule has 7 nitrogen and oxygen atoms in total. The first-order valence-electron chi connectivity index (χ1n) is 9.09. The van der Waals surface area contributed by atoms with E-state index in [2.05, 4.69) is 13.8 Å². The number of rotatable bonds is 16. The molecule has 0 rings (SSSR count). The Kier molecular flexibility index (Phi) is 23.7. The maximum atomic E-state index is 10.1. The number of aliphatic carboxylic acids is 1. The number of carbonyl (C=O) groups is 1. The molecule has 0 aliphatic rings. The van der Waals surface area contributed by atoms with Crippen molar-refractivity contribution < 1.29 is 29.8 Å². The van der Waals surface area contributed by atoms with Crippen LogP contribution >= 0.6 is 0 Å². The van der Waals surface area contributed by atoms with Crippen molar-refractivity contribution in [3.8, 4) is 0 Å². The van der Waals surface area contributed by atoms with E-state index in [4.69, 9.17) is 25.0 Å². The third-order valence-corrected chi connectivity index (χ3v) is 3.09. The summed E-state index contributed by atoms with van der Waals surface area (Å²) in [6.07, 6.45) is 9.25. The summed E-state index contributed by atoms with van der Waals surface area (Å²) in [5.41, 5.74) is 0. The number of nitrogens with zero attached hydrogens (tertiary/aromatic N) is 1. The summed E-state index contributed by atoms with van der Waals surface area (Å²) in [4.78, 5) is 20.2. The zero-order valence-corrected chi connectivity index (χ0v) is 15.4. The third-order valence-electron chi connectivity index (χ3n) is 3.09. The van der Waals surface area contributed by atoms with Gasteiger partial charge in [0.25, 0.3) is 0 Å². The highest BCUT2D eigenvalue weighted by Gasteiger charge is 2.04. The topological polar surface area (TPSA) is 99.5 Å². The molecule has 146 valence electrons. The fourth-order valence-electron chi connectivity index (χ4n) is 1.80. The van der Waals surface area contributed by atoms with Crippen LogP contribution in [0.1, 0.15) is 71.6 Å². The van der Waals surface area contributed by atoms with Gasteiger partial charge in [0.2, 0.25) is 0 Å². The van der Waals surface area contributed by atoms with Crippen LogP contribution in [0.3, 0.4) is 0 Å². The number of aliphatic hydroxyl groups is 2. The summed E-state index contributed by atoms with van der Waals surface area (Å²) < 4.78 is 0. The van der Waals surface area contributed by atoms with Gasteiger partial charge in [-0.15, -0.1) is 0 Å². The molecule has 0 unspecified atom stereocenters. The molecule has 7 heteroatoms. The van der Waals surface area contributed by atoms with E-state index in [-0.39, 0.29) is 26.4 Å². The maximum absolute atomic E-state index is 10.1. The first-order chi connectivity index (χ1) is 11.6. The largest absolute Gasteiger partial charge is 0.481 e. The second-order valence-corrected chi connectivity index (χ2v) is 5.44. The molecule has 0 atom stereocenters. The Morgan fingerprint density at radius 3 is 1.79 bits per heavy atom. The molecule has 3 N–H and O–H groups in total. The second-order valence-electron chi connectivity index (χ2n) is 5.44. The first-order valence-corrected chi connectivity index (χ1v) is 9.09. The van der Waals surface area contributed by atoms with E-state index in [0.29, 0.717) is 13.0 Å². The lowest BCUT2D eigenvalue weighted by Gasteiger charge is -2.19. The summed E-state index contributed by atoms with van der Waals surface area (Å²) in [6, 6.07) is 0. The number of hydrogen-bond donors (Lipinski definition) is 3. The van der Waals surface area contributed by atoms with Crippen LogP contribution in [0.5, 0.6) is 0 Å². The minimum Gasteiger partial charge on any atom is -0.481 e. The van der Waals surface area contributed by atoms with Crippen LogP contribution in [0.15, 0.2) is 0 Å². The van der Waals surface area contributed by atoms with Crippen molar-refractivity contribution in [3.05, 3.63) is 0 Å². The molecule has 0 aromatic heterocycles. The molecular weight excluding hydrogens is 314 g/mol. The van der Waals surface area contributed by atoms with Gasteiger partial charge >= 0.3 is 5.97 Å². The van der Waals surface area contributed by atoms with Crippen LogP contribution in [-0.2, 0) is 14.5 Å². The summed E-state index contributed by atoms with van der Waals surface area (Å²) in [5.74, 6) is -0.666. The van der Waals surface area contributed by atoms with Crippen molar-refractivity contribution in [1.29, 1.82) is 0 Å². The number of carboxylic acid groups (broad SMARTS) is 1. The molecule has 0 aromatic rings. The number of hydroxylamine groups is 2. The van der Waals surface area contributed by atoms with Gasteiger partial charge in [0.05, 0.1) is 33.0 Å². The normalized spacial score (nSPS) is 10.5. The lowest BCUT2D eigenvalue weighted by Crippen LogP contribution is -2.28. The molecule has 0 amide bonds. The van der Waals surface area contributed by atoms with Gasteiger partial charge in [-0.3, -0.25) is 14.5 Å². The van der Waals surface area contributed by atoms with Gasteiger partial charge in [-0.1, -0.05) is 57.6 Å². The van der Waals surface area contributed by atoms with Crippen LogP contribution in [0.2, 0.25) is 0 Å². The van der Waals surface area contributed by atoms with Gasteiger partial charge in [-0.05, 0) is 12.8 Å². The minimum absolute atomic E-state index is 0.0366. The standard InChI is InChI=1S/C9H18O2.C8H19NO4/c1-2-3-4-5-6-7-8-9(10)11;1-2-3-4-9(12-7-5-10)13-8-6-11/h2-8H2,1H3,(H,10,11);10-11H,2-8H2,1H3. The Hall–Kier alpha value is -0.730. The lowest BCUT2D eigenvalue weighted by molar-refractivity contribution is -0.371. The van der Waals surface area contributed by atoms with Gasteiger partial charge in [0.1, 0.15) is 0 Å². The van der Waals surface area contributed by atoms with Crippen LogP contribution in [0.4, 0.5) is 0 Å². The number of hydrogen-bond acceptors (Lipinski definition) is 6. The van der Waals surface area contributed by atoms with E-state index < -0.39 is 5.97 Å². The zero-order valence-electron chi connectivity index (χ0n) is 15.4. The van der Waals surface area contributed by atoms with E-state index in [0.717, 1.165) is 25.7 Å². The summed E-state index contributed by atoms with van der Waals surface area (Å²) in [5, 5.41) is 26.7. The van der Waals surface area contributed by atoms with Crippen LogP contribution in [-0.4, -0.2) is 59.5 Å². The molecule has 0 bridgehead atoms. The summed E-state index contributed by atoms with van der Waals surface area (Å²) >= 11 is 0. The van der Waals surface area contributed by atoms with Crippen molar-refractivity contribution in [3.63, 3.8) is 0 Å². The maximum Gasteiger partial charge on any atom is 0.303 e. The lowest BCUT2D eigenvalue weighted by atomic mass is 10.1. The third kappa shape index (κ3) is 23.5. The van der Waals surface area contributed by atoms with Gasteiger partial charge in [-0.25, -0.2) is 0 Å². The van der Waals surface area contributed by atoms with E-state index in [1.165, 1.54) is 30.9 Å². The van der Waals surface area contributed by atoms with Crippen LogP contribution < -0.4 is 0 Å². The van der Waals surface area contributed by atoms with Crippen molar-refractivity contribution in [1.82, 2.24) is 5.23 Å². The van der Waals surface area contributed by atoms with Crippen LogP contribution in [0.25, 0.3) is 0 Å². The molecule has 0 saturated heterocycles. The Morgan fingerprint density at radius 1 is 0.833 bits per heavy atom. The number of unbranched alkanes of at least 4 members (excludes halogenated alkanes) is 6. The Labute approximate surface area is 146 Å².